The van der Waals surface area contributed by atoms with Gasteiger partial charge in [0.25, 0.3) is 5.56 Å². The van der Waals surface area contributed by atoms with E-state index in [0.29, 0.717) is 17.9 Å². The second-order valence-corrected chi connectivity index (χ2v) is 8.48. The van der Waals surface area contributed by atoms with Crippen LogP contribution in [-0.4, -0.2) is 48.1 Å². The van der Waals surface area contributed by atoms with Gasteiger partial charge >= 0.3 is 6.18 Å². The summed E-state index contributed by atoms with van der Waals surface area (Å²) in [5, 5.41) is 18.2. The van der Waals surface area contributed by atoms with Crippen molar-refractivity contribution in [1.29, 1.82) is 0 Å². The van der Waals surface area contributed by atoms with Gasteiger partial charge in [0.1, 0.15) is 37.2 Å². The lowest BCUT2D eigenvalue weighted by Crippen LogP contribution is -3.10. The Kier molecular flexibility index (Phi) is 9.72. The molecule has 8 nitrogen and oxygen atoms in total. The summed E-state index contributed by atoms with van der Waals surface area (Å²) in [7, 11) is 0. The molecule has 1 aliphatic heterocycles. The molecular formula is C26H26F4N2O6. The van der Waals surface area contributed by atoms with Crippen molar-refractivity contribution in [2.45, 2.75) is 25.6 Å². The Balaban J connectivity index is 0.000000505. The number of aliphatic carboxylic acids is 1. The van der Waals surface area contributed by atoms with E-state index in [2.05, 4.69) is 0 Å². The van der Waals surface area contributed by atoms with Crippen LogP contribution in [0.1, 0.15) is 18.4 Å². The number of ether oxygens (including phenoxy) is 2. The normalized spacial score (nSPS) is 13.5. The number of carboxylic acid groups (broad SMARTS) is 1. The Morgan fingerprint density at radius 3 is 2.24 bits per heavy atom. The summed E-state index contributed by atoms with van der Waals surface area (Å²) in [4.78, 5) is 22.9. The van der Waals surface area contributed by atoms with Crippen molar-refractivity contribution in [1.82, 2.24) is 4.57 Å². The first kappa shape index (κ1) is 28.5. The molecule has 1 saturated heterocycles. The summed E-state index contributed by atoms with van der Waals surface area (Å²) in [5.74, 6) is -2.93. The molecule has 0 unspecified atom stereocenters. The molecule has 2 heterocycles. The average Bonchev–Trinajstić information content (AvgIpc) is 3.39. The lowest BCUT2D eigenvalue weighted by molar-refractivity contribution is -0.887. The van der Waals surface area contributed by atoms with Crippen molar-refractivity contribution in [2.75, 3.05) is 26.2 Å². The molecule has 1 fully saturated rings. The Labute approximate surface area is 215 Å². The third-order valence-corrected chi connectivity index (χ3v) is 5.69. The number of hydrogen-bond acceptors (Lipinski definition) is 6. The summed E-state index contributed by atoms with van der Waals surface area (Å²) in [6.07, 6.45) is -0.941. The fraction of sp³-hybridized carbons (Fsp3) is 0.308. The summed E-state index contributed by atoms with van der Waals surface area (Å²) in [5.41, 5.74) is 1.10. The number of benzene rings is 2. The van der Waals surface area contributed by atoms with Gasteiger partial charge in [-0.1, -0.05) is 6.07 Å². The van der Waals surface area contributed by atoms with Crippen LogP contribution in [0.25, 0.3) is 5.69 Å². The summed E-state index contributed by atoms with van der Waals surface area (Å²) in [6, 6.07) is 14.5. The van der Waals surface area contributed by atoms with Gasteiger partial charge in [0.2, 0.25) is 0 Å². The molecule has 2 aromatic carbocycles. The Bertz CT molecular complexity index is 1270. The van der Waals surface area contributed by atoms with Crippen molar-refractivity contribution in [3.05, 3.63) is 82.5 Å². The highest BCUT2D eigenvalue weighted by Gasteiger charge is 2.28. The lowest BCUT2D eigenvalue weighted by Gasteiger charge is -2.13. The number of carbonyl (C=O) groups excluding carboxylic acids is 1. The molecule has 38 heavy (non-hydrogen) atoms. The molecule has 0 amide bonds. The van der Waals surface area contributed by atoms with Crippen molar-refractivity contribution in [3.63, 3.8) is 0 Å². The zero-order valence-electron chi connectivity index (χ0n) is 20.2. The number of rotatable bonds is 8. The number of carboxylic acids is 1. The number of pyridine rings is 1. The molecule has 204 valence electrons. The maximum atomic E-state index is 13.1. The molecule has 1 aliphatic rings. The van der Waals surface area contributed by atoms with Crippen LogP contribution in [-0.2, 0) is 11.4 Å². The minimum atomic E-state index is -5.19. The largest absolute Gasteiger partial charge is 0.542 e. The van der Waals surface area contributed by atoms with Crippen molar-refractivity contribution in [3.8, 4) is 22.9 Å². The van der Waals surface area contributed by atoms with E-state index in [-0.39, 0.29) is 12.2 Å². The number of phenolic OH excluding ortho intramolecular Hbond substituents is 1. The number of likely N-dealkylation sites (tertiary alicyclic amines) is 1. The maximum absolute atomic E-state index is 13.1. The van der Waals surface area contributed by atoms with E-state index in [1.807, 2.05) is 24.3 Å². The molecule has 12 heteroatoms. The van der Waals surface area contributed by atoms with Crippen LogP contribution < -0.4 is 25.0 Å². The molecule has 0 atom stereocenters. The van der Waals surface area contributed by atoms with E-state index < -0.39 is 23.7 Å². The van der Waals surface area contributed by atoms with E-state index in [9.17, 15) is 27.5 Å². The maximum Gasteiger partial charge on any atom is 0.430 e. The third kappa shape index (κ3) is 8.51. The topological polar surface area (TPSA) is 105 Å². The van der Waals surface area contributed by atoms with Crippen LogP contribution in [0.15, 0.2) is 65.6 Å². The van der Waals surface area contributed by atoms with E-state index in [0.717, 1.165) is 18.0 Å². The SMILES string of the molecule is O=C([O-])C(F)(F)F.O=c1cc(OCc2ccc(F)c(O)c2)ccn1-c1ccc(OCC[NH+]2CCCC2)cc1. The van der Waals surface area contributed by atoms with Gasteiger partial charge in [-0.2, -0.15) is 13.2 Å². The number of hydrogen-bond donors (Lipinski definition) is 2. The van der Waals surface area contributed by atoms with Gasteiger partial charge in [0.05, 0.1) is 13.1 Å². The number of aromatic nitrogens is 1. The first-order valence-electron chi connectivity index (χ1n) is 11.7. The fourth-order valence-electron chi connectivity index (χ4n) is 3.72. The van der Waals surface area contributed by atoms with Crippen LogP contribution in [0, 0.1) is 5.82 Å². The lowest BCUT2D eigenvalue weighted by atomic mass is 10.2. The first-order chi connectivity index (χ1) is 18.0. The van der Waals surface area contributed by atoms with Gasteiger partial charge in [-0.15, -0.1) is 0 Å². The summed E-state index contributed by atoms with van der Waals surface area (Å²) < 4.78 is 57.6. The Morgan fingerprint density at radius 2 is 1.66 bits per heavy atom. The molecule has 3 aromatic rings. The van der Waals surface area contributed by atoms with Crippen LogP contribution in [0.2, 0.25) is 0 Å². The van der Waals surface area contributed by atoms with Crippen LogP contribution in [0.5, 0.6) is 17.2 Å². The van der Waals surface area contributed by atoms with E-state index in [1.54, 1.807) is 17.2 Å². The highest BCUT2D eigenvalue weighted by Crippen LogP contribution is 2.19. The number of carbonyl (C=O) groups is 1. The van der Waals surface area contributed by atoms with Crippen molar-refractivity contribution >= 4 is 5.97 Å². The number of alkyl halides is 3. The second-order valence-electron chi connectivity index (χ2n) is 8.48. The monoisotopic (exact) mass is 538 g/mol. The highest BCUT2D eigenvalue weighted by atomic mass is 19.4. The Morgan fingerprint density at radius 1 is 1.00 bits per heavy atom. The average molecular weight is 538 g/mol. The predicted molar refractivity (Wildman–Crippen MR) is 126 cm³/mol. The van der Waals surface area contributed by atoms with Crippen molar-refractivity contribution < 1.29 is 46.9 Å². The zero-order valence-corrected chi connectivity index (χ0v) is 20.2. The van der Waals surface area contributed by atoms with Gasteiger partial charge in [-0.3, -0.25) is 9.36 Å². The quantitative estimate of drug-likeness (QED) is 0.423. The van der Waals surface area contributed by atoms with E-state index in [1.165, 1.54) is 54.8 Å². The molecule has 2 N–H and O–H groups in total. The fourth-order valence-corrected chi connectivity index (χ4v) is 3.72. The number of nitrogens with zero attached hydrogens (tertiary/aromatic N) is 1. The standard InChI is InChI=1S/C24H25FN2O4.C2HF3O2/c25-22-8-3-18(15-23(22)28)17-31-21-9-12-27(24(29)16-21)19-4-6-20(7-5-19)30-14-13-26-10-1-2-11-26;3-2(4,5)1(6)7/h3-9,12,15-16,28H,1-2,10-11,13-14,17H2;(H,6,7). The van der Waals surface area contributed by atoms with Gasteiger partial charge in [-0.25, -0.2) is 4.39 Å². The zero-order chi connectivity index (χ0) is 27.7. The number of aromatic hydroxyl groups is 1. The predicted octanol–water partition coefficient (Wildman–Crippen LogP) is 1.62. The molecule has 4 rings (SSSR count). The van der Waals surface area contributed by atoms with Crippen LogP contribution in [0.3, 0.4) is 0 Å². The van der Waals surface area contributed by atoms with Gasteiger partial charge in [-0.05, 0) is 48.0 Å². The third-order valence-electron chi connectivity index (χ3n) is 5.69. The van der Waals surface area contributed by atoms with Gasteiger partial charge in [0, 0.05) is 30.8 Å². The highest BCUT2D eigenvalue weighted by molar-refractivity contribution is 5.70. The summed E-state index contributed by atoms with van der Waals surface area (Å²) in [6.45, 7) is 4.28. The van der Waals surface area contributed by atoms with Crippen LogP contribution >= 0.6 is 0 Å². The second kappa shape index (κ2) is 13.0. The molecular weight excluding hydrogens is 512 g/mol. The molecule has 0 radical (unpaired) electrons. The summed E-state index contributed by atoms with van der Waals surface area (Å²) >= 11 is 0. The first-order valence-corrected chi connectivity index (χ1v) is 11.7. The molecule has 0 aliphatic carbocycles. The molecule has 0 bridgehead atoms. The Hall–Kier alpha value is -4.06. The number of nitrogens with one attached hydrogen (secondary N) is 1. The van der Waals surface area contributed by atoms with Gasteiger partial charge < -0.3 is 29.4 Å². The molecule has 0 spiro atoms. The van der Waals surface area contributed by atoms with Gasteiger partial charge in [0.15, 0.2) is 11.6 Å². The molecule has 0 saturated carbocycles. The van der Waals surface area contributed by atoms with Crippen LogP contribution in [0.4, 0.5) is 17.6 Å². The smallest absolute Gasteiger partial charge is 0.430 e. The van der Waals surface area contributed by atoms with Crippen molar-refractivity contribution in [2.24, 2.45) is 0 Å². The number of halogens is 4. The minimum absolute atomic E-state index is 0.114. The minimum Gasteiger partial charge on any atom is -0.542 e. The number of phenols is 1. The number of quaternary nitrogens is 1. The van der Waals surface area contributed by atoms with E-state index in [4.69, 9.17) is 19.4 Å². The molecule has 1 aromatic heterocycles. The van der Waals surface area contributed by atoms with E-state index >= 15 is 0 Å².